The number of hydrogen-bond acceptors (Lipinski definition) is 2. The monoisotopic (exact) mass is 221 g/mol. The van der Waals surface area contributed by atoms with Crippen LogP contribution in [0.3, 0.4) is 0 Å². The zero-order chi connectivity index (χ0) is 11.6. The lowest BCUT2D eigenvalue weighted by molar-refractivity contribution is 0.216. The number of rotatable bonds is 2. The quantitative estimate of drug-likeness (QED) is 0.831. The second-order valence-electron chi connectivity index (χ2n) is 5.20. The van der Waals surface area contributed by atoms with E-state index in [0.717, 1.165) is 6.54 Å². The first kappa shape index (κ1) is 11.6. The molecule has 3 heteroatoms. The molecule has 0 bridgehead atoms. The van der Waals surface area contributed by atoms with Crippen molar-refractivity contribution in [3.05, 3.63) is 18.0 Å². The van der Waals surface area contributed by atoms with Gasteiger partial charge in [-0.15, -0.1) is 0 Å². The van der Waals surface area contributed by atoms with Crippen LogP contribution in [-0.2, 0) is 12.6 Å². The van der Waals surface area contributed by atoms with E-state index < -0.39 is 0 Å². The van der Waals surface area contributed by atoms with E-state index >= 15 is 0 Å². The van der Waals surface area contributed by atoms with Gasteiger partial charge in [-0.2, -0.15) is 5.10 Å². The summed E-state index contributed by atoms with van der Waals surface area (Å²) in [5.41, 5.74) is 1.46. The summed E-state index contributed by atoms with van der Waals surface area (Å²) in [6.45, 7) is 5.75. The summed E-state index contributed by atoms with van der Waals surface area (Å²) in [4.78, 5) is 0. The second-order valence-corrected chi connectivity index (χ2v) is 5.20. The van der Waals surface area contributed by atoms with Crippen LogP contribution in [0.5, 0.6) is 0 Å². The Hall–Kier alpha value is -0.830. The SMILES string of the molecule is CC(C)C1(c2ccnn2C)CCCCCN1. The first-order valence-corrected chi connectivity index (χ1v) is 6.40. The second kappa shape index (κ2) is 4.58. The van der Waals surface area contributed by atoms with Gasteiger partial charge < -0.3 is 5.32 Å². The van der Waals surface area contributed by atoms with Gasteiger partial charge >= 0.3 is 0 Å². The molecule has 1 fully saturated rings. The summed E-state index contributed by atoms with van der Waals surface area (Å²) >= 11 is 0. The average molecular weight is 221 g/mol. The van der Waals surface area contributed by atoms with Crippen LogP contribution in [0.15, 0.2) is 12.3 Å². The minimum absolute atomic E-state index is 0.127. The highest BCUT2D eigenvalue weighted by Crippen LogP contribution is 2.36. The number of nitrogens with zero attached hydrogens (tertiary/aromatic N) is 2. The molecular formula is C13H23N3. The molecule has 3 nitrogen and oxygen atoms in total. The largest absolute Gasteiger partial charge is 0.306 e. The normalized spacial score (nSPS) is 27.0. The van der Waals surface area contributed by atoms with E-state index in [2.05, 4.69) is 30.3 Å². The van der Waals surface area contributed by atoms with Crippen molar-refractivity contribution in [3.63, 3.8) is 0 Å². The Balaban J connectivity index is 2.38. The lowest BCUT2D eigenvalue weighted by atomic mass is 9.79. The maximum atomic E-state index is 4.33. The van der Waals surface area contributed by atoms with Crippen molar-refractivity contribution < 1.29 is 0 Å². The molecule has 1 saturated heterocycles. The molecule has 0 amide bonds. The minimum atomic E-state index is 0.127. The fourth-order valence-corrected chi connectivity index (χ4v) is 2.92. The maximum absolute atomic E-state index is 4.33. The Morgan fingerprint density at radius 2 is 2.19 bits per heavy atom. The summed E-state index contributed by atoms with van der Waals surface area (Å²) in [5.74, 6) is 0.598. The van der Waals surface area contributed by atoms with Crippen LogP contribution < -0.4 is 5.32 Å². The molecular weight excluding hydrogens is 198 g/mol. The smallest absolute Gasteiger partial charge is 0.0628 e. The summed E-state index contributed by atoms with van der Waals surface area (Å²) in [6.07, 6.45) is 7.10. The summed E-state index contributed by atoms with van der Waals surface area (Å²) in [7, 11) is 2.05. The lowest BCUT2D eigenvalue weighted by Gasteiger charge is -2.38. The summed E-state index contributed by atoms with van der Waals surface area (Å²) < 4.78 is 2.03. The molecule has 2 heterocycles. The van der Waals surface area contributed by atoms with Crippen molar-refractivity contribution in [2.75, 3.05) is 6.54 Å². The highest BCUT2D eigenvalue weighted by molar-refractivity contribution is 5.17. The lowest BCUT2D eigenvalue weighted by Crippen LogP contribution is -2.47. The van der Waals surface area contributed by atoms with Crippen molar-refractivity contribution in [1.82, 2.24) is 15.1 Å². The van der Waals surface area contributed by atoms with E-state index in [1.54, 1.807) is 0 Å². The zero-order valence-electron chi connectivity index (χ0n) is 10.7. The number of aromatic nitrogens is 2. The average Bonchev–Trinajstić information content (AvgIpc) is 2.55. The highest BCUT2D eigenvalue weighted by Gasteiger charge is 2.37. The summed E-state index contributed by atoms with van der Waals surface area (Å²) in [5, 5.41) is 8.10. The van der Waals surface area contributed by atoms with E-state index in [-0.39, 0.29) is 5.54 Å². The van der Waals surface area contributed by atoms with Crippen molar-refractivity contribution in [2.45, 2.75) is 45.1 Å². The van der Waals surface area contributed by atoms with Crippen LogP contribution >= 0.6 is 0 Å². The Kier molecular flexibility index (Phi) is 3.33. The first-order valence-electron chi connectivity index (χ1n) is 6.40. The molecule has 1 atom stereocenters. The zero-order valence-corrected chi connectivity index (χ0v) is 10.7. The Morgan fingerprint density at radius 3 is 2.81 bits per heavy atom. The molecule has 1 aliphatic rings. The van der Waals surface area contributed by atoms with E-state index in [4.69, 9.17) is 0 Å². The highest BCUT2D eigenvalue weighted by atomic mass is 15.3. The third-order valence-electron chi connectivity index (χ3n) is 3.95. The van der Waals surface area contributed by atoms with Crippen LogP contribution in [0, 0.1) is 5.92 Å². The van der Waals surface area contributed by atoms with Crippen molar-refractivity contribution >= 4 is 0 Å². The van der Waals surface area contributed by atoms with Crippen molar-refractivity contribution in [2.24, 2.45) is 13.0 Å². The predicted molar refractivity (Wildman–Crippen MR) is 66.2 cm³/mol. The molecule has 1 aromatic rings. The minimum Gasteiger partial charge on any atom is -0.306 e. The molecule has 0 aromatic carbocycles. The Morgan fingerprint density at radius 1 is 1.38 bits per heavy atom. The van der Waals surface area contributed by atoms with E-state index in [0.29, 0.717) is 5.92 Å². The topological polar surface area (TPSA) is 29.9 Å². The molecule has 90 valence electrons. The molecule has 1 unspecified atom stereocenters. The molecule has 1 aliphatic heterocycles. The van der Waals surface area contributed by atoms with Gasteiger partial charge in [-0.25, -0.2) is 0 Å². The molecule has 0 saturated carbocycles. The third kappa shape index (κ3) is 1.88. The third-order valence-corrected chi connectivity index (χ3v) is 3.95. The van der Waals surface area contributed by atoms with Crippen LogP contribution in [-0.4, -0.2) is 16.3 Å². The molecule has 0 radical (unpaired) electrons. The van der Waals surface area contributed by atoms with Gasteiger partial charge in [0.1, 0.15) is 0 Å². The van der Waals surface area contributed by atoms with Crippen LogP contribution in [0.25, 0.3) is 0 Å². The molecule has 1 aromatic heterocycles. The van der Waals surface area contributed by atoms with Gasteiger partial charge in [0.25, 0.3) is 0 Å². The fraction of sp³-hybridized carbons (Fsp3) is 0.769. The first-order chi connectivity index (χ1) is 7.67. The van der Waals surface area contributed by atoms with Gasteiger partial charge in [0.05, 0.1) is 11.2 Å². The molecule has 0 spiro atoms. The maximum Gasteiger partial charge on any atom is 0.0628 e. The number of aryl methyl sites for hydroxylation is 1. The van der Waals surface area contributed by atoms with E-state index in [1.165, 1.54) is 31.4 Å². The number of hydrogen-bond donors (Lipinski definition) is 1. The van der Waals surface area contributed by atoms with Crippen LogP contribution in [0.4, 0.5) is 0 Å². The number of nitrogens with one attached hydrogen (secondary N) is 1. The van der Waals surface area contributed by atoms with E-state index in [1.807, 2.05) is 17.9 Å². The van der Waals surface area contributed by atoms with Crippen molar-refractivity contribution in [1.29, 1.82) is 0 Å². The Labute approximate surface area is 98.2 Å². The van der Waals surface area contributed by atoms with Crippen LogP contribution in [0.1, 0.15) is 45.2 Å². The van der Waals surface area contributed by atoms with Gasteiger partial charge in [0.2, 0.25) is 0 Å². The standard InChI is InChI=1S/C13H23N3/c1-11(2)13(8-5-4-6-9-14-13)12-7-10-15-16(12)3/h7,10-11,14H,4-6,8-9H2,1-3H3. The van der Waals surface area contributed by atoms with Gasteiger partial charge in [0.15, 0.2) is 0 Å². The Bertz CT molecular complexity index is 333. The molecule has 16 heavy (non-hydrogen) atoms. The predicted octanol–water partition coefficient (Wildman–Crippen LogP) is 2.43. The van der Waals surface area contributed by atoms with Gasteiger partial charge in [-0.05, 0) is 31.4 Å². The van der Waals surface area contributed by atoms with Gasteiger partial charge in [-0.1, -0.05) is 26.7 Å². The van der Waals surface area contributed by atoms with Crippen LogP contribution in [0.2, 0.25) is 0 Å². The van der Waals surface area contributed by atoms with Crippen molar-refractivity contribution in [3.8, 4) is 0 Å². The van der Waals surface area contributed by atoms with Gasteiger partial charge in [0, 0.05) is 13.2 Å². The molecule has 0 aliphatic carbocycles. The molecule has 1 N–H and O–H groups in total. The summed E-state index contributed by atoms with van der Waals surface area (Å²) in [6, 6.07) is 2.16. The van der Waals surface area contributed by atoms with Gasteiger partial charge in [-0.3, -0.25) is 4.68 Å². The molecule has 2 rings (SSSR count). The van der Waals surface area contributed by atoms with E-state index in [9.17, 15) is 0 Å². The fourth-order valence-electron chi connectivity index (χ4n) is 2.92.